The minimum Gasteiger partial charge on any atom is -0.338 e. The fraction of sp³-hybridized carbons (Fsp3) is 0.250. The number of fused-ring (bicyclic) bond motifs is 1. The number of benzene rings is 3. The Morgan fingerprint density at radius 1 is 0.929 bits per heavy atom. The molecule has 3 aromatic carbocycles. The van der Waals surface area contributed by atoms with E-state index in [2.05, 4.69) is 18.2 Å². The molecule has 2 amide bonds. The van der Waals surface area contributed by atoms with Crippen LogP contribution in [0.1, 0.15) is 34.3 Å². The van der Waals surface area contributed by atoms with Gasteiger partial charge >= 0.3 is 0 Å². The van der Waals surface area contributed by atoms with Crippen molar-refractivity contribution < 1.29 is 9.59 Å². The van der Waals surface area contributed by atoms with Gasteiger partial charge in [0, 0.05) is 37.0 Å². The molecule has 0 unspecified atom stereocenters. The number of amides is 2. The van der Waals surface area contributed by atoms with Crippen molar-refractivity contribution in [1.29, 1.82) is 0 Å². The molecule has 2 heterocycles. The molecule has 0 radical (unpaired) electrons. The van der Waals surface area contributed by atoms with Crippen LogP contribution in [0.25, 0.3) is 10.8 Å². The Kier molecular flexibility index (Phi) is 4.12. The summed E-state index contributed by atoms with van der Waals surface area (Å²) >= 11 is 0. The zero-order valence-corrected chi connectivity index (χ0v) is 15.7. The summed E-state index contributed by atoms with van der Waals surface area (Å²) in [6.07, 6.45) is 2.06. The highest BCUT2D eigenvalue weighted by molar-refractivity contribution is 6.25. The van der Waals surface area contributed by atoms with E-state index in [0.717, 1.165) is 35.0 Å². The Balaban J connectivity index is 1.24. The predicted molar refractivity (Wildman–Crippen MR) is 110 cm³/mol. The van der Waals surface area contributed by atoms with Crippen LogP contribution in [-0.2, 0) is 17.8 Å². The fourth-order valence-electron chi connectivity index (χ4n) is 4.46. The minimum absolute atomic E-state index is 0.0474. The highest BCUT2D eigenvalue weighted by atomic mass is 16.2. The molecule has 0 saturated carbocycles. The predicted octanol–water partition coefficient (Wildman–Crippen LogP) is 4.17. The molecular weight excluding hydrogens is 348 g/mol. The zero-order valence-electron chi connectivity index (χ0n) is 15.7. The van der Waals surface area contributed by atoms with Crippen LogP contribution in [-0.4, -0.2) is 29.8 Å². The first-order chi connectivity index (χ1) is 13.7. The molecule has 0 fully saturated rings. The number of hydrogen-bond acceptors (Lipinski definition) is 2. The molecule has 4 heteroatoms. The maximum absolute atomic E-state index is 12.8. The third kappa shape index (κ3) is 2.76. The summed E-state index contributed by atoms with van der Waals surface area (Å²) in [6, 6.07) is 20.2. The van der Waals surface area contributed by atoms with Crippen molar-refractivity contribution in [3.63, 3.8) is 0 Å². The second-order valence-corrected chi connectivity index (χ2v) is 7.58. The first-order valence-electron chi connectivity index (χ1n) is 9.90. The molecule has 2 aliphatic heterocycles. The highest BCUT2D eigenvalue weighted by Gasteiger charge is 2.29. The van der Waals surface area contributed by atoms with Crippen molar-refractivity contribution in [2.24, 2.45) is 0 Å². The molecule has 0 bridgehead atoms. The molecule has 4 nitrogen and oxygen atoms in total. The SMILES string of the molecule is O=C(CCCN1C(=O)c2cccc3cccc1c23)N1CCc2ccccc2C1. The molecule has 0 spiro atoms. The van der Waals surface area contributed by atoms with E-state index in [1.165, 1.54) is 11.1 Å². The number of carbonyl (C=O) groups is 2. The van der Waals surface area contributed by atoms with Crippen LogP contribution in [0.4, 0.5) is 5.69 Å². The molecule has 2 aliphatic rings. The third-order valence-electron chi connectivity index (χ3n) is 5.90. The van der Waals surface area contributed by atoms with Crippen LogP contribution < -0.4 is 4.90 Å². The van der Waals surface area contributed by atoms with Crippen molar-refractivity contribution in [2.75, 3.05) is 18.0 Å². The summed E-state index contributed by atoms with van der Waals surface area (Å²) in [6.45, 7) is 2.05. The Morgan fingerprint density at radius 3 is 2.57 bits per heavy atom. The first-order valence-corrected chi connectivity index (χ1v) is 9.90. The summed E-state index contributed by atoms with van der Waals surface area (Å²) in [7, 11) is 0. The van der Waals surface area contributed by atoms with Gasteiger partial charge in [-0.3, -0.25) is 9.59 Å². The second kappa shape index (κ2) is 6.79. The highest BCUT2D eigenvalue weighted by Crippen LogP contribution is 2.37. The lowest BCUT2D eigenvalue weighted by Gasteiger charge is -2.29. The summed E-state index contributed by atoms with van der Waals surface area (Å²) in [4.78, 5) is 29.3. The van der Waals surface area contributed by atoms with E-state index < -0.39 is 0 Å². The van der Waals surface area contributed by atoms with Gasteiger partial charge in [-0.2, -0.15) is 0 Å². The Bertz CT molecular complexity index is 1080. The smallest absolute Gasteiger partial charge is 0.258 e. The Labute approximate surface area is 164 Å². The lowest BCUT2D eigenvalue weighted by Crippen LogP contribution is -2.36. The average molecular weight is 370 g/mol. The molecule has 3 aromatic rings. The van der Waals surface area contributed by atoms with Gasteiger partial charge in [0.25, 0.3) is 5.91 Å². The van der Waals surface area contributed by atoms with Crippen LogP contribution in [0, 0.1) is 0 Å². The molecular formula is C24H22N2O2. The first kappa shape index (κ1) is 17.0. The van der Waals surface area contributed by atoms with E-state index >= 15 is 0 Å². The van der Waals surface area contributed by atoms with E-state index in [1.807, 2.05) is 52.3 Å². The number of rotatable bonds is 4. The van der Waals surface area contributed by atoms with E-state index in [1.54, 1.807) is 0 Å². The second-order valence-electron chi connectivity index (χ2n) is 7.58. The summed E-state index contributed by atoms with van der Waals surface area (Å²) in [5, 5.41) is 2.13. The van der Waals surface area contributed by atoms with Crippen molar-refractivity contribution in [2.45, 2.75) is 25.8 Å². The van der Waals surface area contributed by atoms with Crippen LogP contribution >= 0.6 is 0 Å². The lowest BCUT2D eigenvalue weighted by molar-refractivity contribution is -0.132. The normalized spacial score (nSPS) is 15.2. The number of nitrogens with zero attached hydrogens (tertiary/aromatic N) is 2. The number of carbonyl (C=O) groups excluding carboxylic acids is 2. The monoisotopic (exact) mass is 370 g/mol. The maximum atomic E-state index is 12.8. The summed E-state index contributed by atoms with van der Waals surface area (Å²) in [5.41, 5.74) is 4.34. The molecule has 0 atom stereocenters. The Morgan fingerprint density at radius 2 is 1.71 bits per heavy atom. The van der Waals surface area contributed by atoms with Gasteiger partial charge in [-0.1, -0.05) is 48.5 Å². The van der Waals surface area contributed by atoms with E-state index in [0.29, 0.717) is 25.9 Å². The van der Waals surface area contributed by atoms with Crippen molar-refractivity contribution in [3.05, 3.63) is 77.4 Å². The molecule has 0 saturated heterocycles. The van der Waals surface area contributed by atoms with Crippen LogP contribution in [0.2, 0.25) is 0 Å². The van der Waals surface area contributed by atoms with Gasteiger partial charge in [0.2, 0.25) is 5.91 Å². The molecule has 0 aromatic heterocycles. The standard InChI is InChI=1S/C24H22N2O2/c27-22(25-15-13-17-6-1-2-7-19(17)16-25)12-5-14-26-21-11-4-9-18-8-3-10-20(23(18)21)24(26)28/h1-4,6-11H,5,12-16H2. The molecule has 5 rings (SSSR count). The van der Waals surface area contributed by atoms with Crippen LogP contribution in [0.15, 0.2) is 60.7 Å². The van der Waals surface area contributed by atoms with Gasteiger partial charge in [0.05, 0.1) is 5.69 Å². The van der Waals surface area contributed by atoms with Gasteiger partial charge in [-0.25, -0.2) is 0 Å². The van der Waals surface area contributed by atoms with Crippen molar-refractivity contribution >= 4 is 28.3 Å². The quantitative estimate of drug-likeness (QED) is 0.692. The largest absolute Gasteiger partial charge is 0.338 e. The lowest BCUT2D eigenvalue weighted by atomic mass is 9.99. The van der Waals surface area contributed by atoms with E-state index in [9.17, 15) is 9.59 Å². The topological polar surface area (TPSA) is 40.6 Å². The van der Waals surface area contributed by atoms with Crippen molar-refractivity contribution in [3.8, 4) is 0 Å². The van der Waals surface area contributed by atoms with Gasteiger partial charge in [-0.15, -0.1) is 0 Å². The number of hydrogen-bond donors (Lipinski definition) is 0. The van der Waals surface area contributed by atoms with Gasteiger partial charge in [-0.05, 0) is 41.5 Å². The van der Waals surface area contributed by atoms with Gasteiger partial charge in [0.15, 0.2) is 0 Å². The molecule has 0 aliphatic carbocycles. The van der Waals surface area contributed by atoms with Gasteiger partial charge < -0.3 is 9.80 Å². The molecule has 140 valence electrons. The number of anilines is 1. The molecule has 28 heavy (non-hydrogen) atoms. The third-order valence-corrected chi connectivity index (χ3v) is 5.90. The zero-order chi connectivity index (χ0) is 19.1. The van der Waals surface area contributed by atoms with E-state index in [-0.39, 0.29) is 11.8 Å². The van der Waals surface area contributed by atoms with E-state index in [4.69, 9.17) is 0 Å². The fourth-order valence-corrected chi connectivity index (χ4v) is 4.46. The summed E-state index contributed by atoms with van der Waals surface area (Å²) in [5.74, 6) is 0.225. The van der Waals surface area contributed by atoms with Crippen LogP contribution in [0.5, 0.6) is 0 Å². The minimum atomic E-state index is 0.0474. The maximum Gasteiger partial charge on any atom is 0.258 e. The van der Waals surface area contributed by atoms with Crippen molar-refractivity contribution in [1.82, 2.24) is 4.90 Å². The van der Waals surface area contributed by atoms with Gasteiger partial charge in [0.1, 0.15) is 0 Å². The average Bonchev–Trinajstić information content (AvgIpc) is 3.01. The Hall–Kier alpha value is -3.14. The molecule has 0 N–H and O–H groups in total. The summed E-state index contributed by atoms with van der Waals surface area (Å²) < 4.78 is 0. The van der Waals surface area contributed by atoms with Crippen LogP contribution in [0.3, 0.4) is 0 Å².